The molecule has 4 heterocycles. The van der Waals surface area contributed by atoms with Crippen molar-refractivity contribution in [3.63, 3.8) is 0 Å². The largest absolute Gasteiger partial charge is 0.292 e. The van der Waals surface area contributed by atoms with Gasteiger partial charge in [-0.1, -0.05) is 36.4 Å². The molecule has 1 aliphatic rings. The van der Waals surface area contributed by atoms with E-state index in [1.165, 1.54) is 7.05 Å². The SMILES string of the molecule is CNS(=O)(=O)CCN1Cc2nc(-c3ccccc3)nc(-c3ccn(Cc4cccnc4)n3)c2C1. The maximum Gasteiger partial charge on any atom is 0.212 e. The molecule has 0 fully saturated rings. The van der Waals surface area contributed by atoms with Crippen LogP contribution in [0.5, 0.6) is 0 Å². The second kappa shape index (κ2) is 9.41. The minimum absolute atomic E-state index is 0.0333. The predicted octanol–water partition coefficient (Wildman–Crippen LogP) is 2.32. The molecule has 1 N–H and O–H groups in total. The Hall–Kier alpha value is -3.47. The van der Waals surface area contributed by atoms with Crippen LogP contribution in [0.25, 0.3) is 22.8 Å². The minimum atomic E-state index is -3.28. The smallest absolute Gasteiger partial charge is 0.212 e. The summed E-state index contributed by atoms with van der Waals surface area (Å²) in [6.07, 6.45) is 5.51. The highest BCUT2D eigenvalue weighted by molar-refractivity contribution is 7.89. The molecule has 0 spiro atoms. The third kappa shape index (κ3) is 4.89. The van der Waals surface area contributed by atoms with E-state index in [0.717, 1.165) is 33.8 Å². The van der Waals surface area contributed by atoms with Gasteiger partial charge in [-0.3, -0.25) is 14.6 Å². The quantitative estimate of drug-likeness (QED) is 0.417. The Morgan fingerprint density at radius 1 is 1.03 bits per heavy atom. The van der Waals surface area contributed by atoms with Crippen LogP contribution in [0.2, 0.25) is 0 Å². The zero-order valence-electron chi connectivity index (χ0n) is 18.8. The number of aromatic nitrogens is 5. The predicted molar refractivity (Wildman–Crippen MR) is 129 cm³/mol. The normalized spacial score (nSPS) is 13.8. The second-order valence-electron chi connectivity index (χ2n) is 8.18. The van der Waals surface area contributed by atoms with Gasteiger partial charge in [0.2, 0.25) is 10.0 Å². The van der Waals surface area contributed by atoms with Gasteiger partial charge in [0.15, 0.2) is 5.82 Å². The van der Waals surface area contributed by atoms with Crippen molar-refractivity contribution in [3.8, 4) is 22.8 Å². The first-order valence-corrected chi connectivity index (χ1v) is 12.7. The molecule has 3 aromatic heterocycles. The lowest BCUT2D eigenvalue weighted by atomic mass is 10.1. The van der Waals surface area contributed by atoms with Gasteiger partial charge in [-0.25, -0.2) is 23.1 Å². The van der Waals surface area contributed by atoms with Crippen molar-refractivity contribution in [2.45, 2.75) is 19.6 Å². The van der Waals surface area contributed by atoms with Crippen molar-refractivity contribution in [2.75, 3.05) is 19.3 Å². The number of fused-ring (bicyclic) bond motifs is 1. The van der Waals surface area contributed by atoms with E-state index in [1.807, 2.05) is 65.6 Å². The third-order valence-electron chi connectivity index (χ3n) is 5.82. The van der Waals surface area contributed by atoms with Crippen molar-refractivity contribution in [1.29, 1.82) is 0 Å². The van der Waals surface area contributed by atoms with Crippen LogP contribution in [0.15, 0.2) is 67.1 Å². The number of hydrogen-bond acceptors (Lipinski definition) is 7. The highest BCUT2D eigenvalue weighted by Gasteiger charge is 2.27. The standard InChI is InChI=1S/C24H25N7O2S/c1-25-34(32,33)13-12-30-16-20-22(17-30)27-24(19-7-3-2-4-8-19)28-23(20)21-9-11-31(29-21)15-18-6-5-10-26-14-18/h2-11,14,25H,12-13,15-17H2,1H3. The Kier molecular flexibility index (Phi) is 6.18. The van der Waals surface area contributed by atoms with Crippen LogP contribution >= 0.6 is 0 Å². The molecule has 4 aromatic rings. The fourth-order valence-corrected chi connectivity index (χ4v) is 4.71. The summed E-state index contributed by atoms with van der Waals surface area (Å²) in [5, 5.41) is 4.79. The maximum atomic E-state index is 11.9. The maximum absolute atomic E-state index is 11.9. The van der Waals surface area contributed by atoms with E-state index in [2.05, 4.69) is 14.6 Å². The van der Waals surface area contributed by atoms with Crippen LogP contribution in [-0.4, -0.2) is 57.4 Å². The summed E-state index contributed by atoms with van der Waals surface area (Å²) >= 11 is 0. The monoisotopic (exact) mass is 475 g/mol. The molecule has 1 aromatic carbocycles. The average Bonchev–Trinajstić information content (AvgIpc) is 3.50. The summed E-state index contributed by atoms with van der Waals surface area (Å²) in [7, 11) is -1.85. The Morgan fingerprint density at radius 3 is 2.65 bits per heavy atom. The number of benzene rings is 1. The molecule has 0 amide bonds. The van der Waals surface area contributed by atoms with E-state index in [0.29, 0.717) is 32.0 Å². The van der Waals surface area contributed by atoms with Gasteiger partial charge in [0.05, 0.1) is 23.7 Å². The van der Waals surface area contributed by atoms with Crippen molar-refractivity contribution >= 4 is 10.0 Å². The molecule has 0 radical (unpaired) electrons. The van der Waals surface area contributed by atoms with Crippen LogP contribution in [-0.2, 0) is 29.7 Å². The first-order chi connectivity index (χ1) is 16.5. The van der Waals surface area contributed by atoms with Gasteiger partial charge in [-0.2, -0.15) is 5.10 Å². The first-order valence-electron chi connectivity index (χ1n) is 11.0. The molecule has 0 bridgehead atoms. The zero-order chi connectivity index (χ0) is 23.5. The fourth-order valence-electron chi connectivity index (χ4n) is 4.01. The van der Waals surface area contributed by atoms with Crippen molar-refractivity contribution < 1.29 is 8.42 Å². The van der Waals surface area contributed by atoms with E-state index >= 15 is 0 Å². The van der Waals surface area contributed by atoms with Gasteiger partial charge >= 0.3 is 0 Å². The number of nitrogens with zero attached hydrogens (tertiary/aromatic N) is 6. The molecule has 9 nitrogen and oxygen atoms in total. The highest BCUT2D eigenvalue weighted by atomic mass is 32.2. The Labute approximate surface area is 198 Å². The summed E-state index contributed by atoms with van der Waals surface area (Å²) in [4.78, 5) is 16.0. The third-order valence-corrected chi connectivity index (χ3v) is 7.16. The van der Waals surface area contributed by atoms with Crippen LogP contribution in [0.1, 0.15) is 16.8 Å². The number of rotatable bonds is 8. The first kappa shape index (κ1) is 22.3. The zero-order valence-corrected chi connectivity index (χ0v) is 19.6. The Balaban J connectivity index is 1.48. The van der Waals surface area contributed by atoms with E-state index in [4.69, 9.17) is 15.1 Å². The summed E-state index contributed by atoms with van der Waals surface area (Å²) in [6, 6.07) is 15.7. The van der Waals surface area contributed by atoms with Gasteiger partial charge in [0.25, 0.3) is 0 Å². The van der Waals surface area contributed by atoms with Gasteiger partial charge in [-0.05, 0) is 24.7 Å². The van der Waals surface area contributed by atoms with Gasteiger partial charge in [0.1, 0.15) is 5.69 Å². The van der Waals surface area contributed by atoms with E-state index in [-0.39, 0.29) is 5.75 Å². The topological polar surface area (TPSA) is 106 Å². The van der Waals surface area contributed by atoms with Crippen molar-refractivity contribution in [2.24, 2.45) is 0 Å². The number of hydrogen-bond donors (Lipinski definition) is 1. The van der Waals surface area contributed by atoms with Gasteiger partial charge in [-0.15, -0.1) is 0 Å². The van der Waals surface area contributed by atoms with E-state index in [1.54, 1.807) is 6.20 Å². The van der Waals surface area contributed by atoms with Crippen LogP contribution in [0, 0.1) is 0 Å². The number of pyridine rings is 1. The molecule has 1 aliphatic heterocycles. The molecule has 0 atom stereocenters. The lowest BCUT2D eigenvalue weighted by Crippen LogP contribution is -2.30. The highest BCUT2D eigenvalue weighted by Crippen LogP contribution is 2.32. The summed E-state index contributed by atoms with van der Waals surface area (Å²) in [5.41, 5.74) is 5.45. The van der Waals surface area contributed by atoms with Crippen LogP contribution in [0.3, 0.4) is 0 Å². The molecule has 10 heteroatoms. The van der Waals surface area contributed by atoms with Gasteiger partial charge in [0, 0.05) is 49.4 Å². The van der Waals surface area contributed by atoms with Gasteiger partial charge < -0.3 is 0 Å². The molecular weight excluding hydrogens is 450 g/mol. The second-order valence-corrected chi connectivity index (χ2v) is 10.2. The summed E-state index contributed by atoms with van der Waals surface area (Å²) < 4.78 is 28.1. The number of nitrogens with one attached hydrogen (secondary N) is 1. The molecule has 0 aliphatic carbocycles. The molecule has 174 valence electrons. The molecule has 0 saturated carbocycles. The molecule has 34 heavy (non-hydrogen) atoms. The van der Waals surface area contributed by atoms with E-state index < -0.39 is 10.0 Å². The lowest BCUT2D eigenvalue weighted by molar-refractivity contribution is 0.300. The minimum Gasteiger partial charge on any atom is -0.292 e. The molecule has 5 rings (SSSR count). The molecular formula is C24H25N7O2S. The van der Waals surface area contributed by atoms with Crippen molar-refractivity contribution in [3.05, 3.63) is 83.9 Å². The van der Waals surface area contributed by atoms with Crippen LogP contribution < -0.4 is 4.72 Å². The Morgan fingerprint density at radius 2 is 1.88 bits per heavy atom. The molecule has 0 saturated heterocycles. The van der Waals surface area contributed by atoms with Crippen LogP contribution in [0.4, 0.5) is 0 Å². The lowest BCUT2D eigenvalue weighted by Gasteiger charge is -2.13. The van der Waals surface area contributed by atoms with E-state index in [9.17, 15) is 8.42 Å². The summed E-state index contributed by atoms with van der Waals surface area (Å²) in [5.74, 6) is 0.673. The fraction of sp³-hybridized carbons (Fsp3) is 0.250. The Bertz CT molecular complexity index is 1390. The average molecular weight is 476 g/mol. The number of sulfonamides is 1. The summed E-state index contributed by atoms with van der Waals surface area (Å²) in [6.45, 7) is 2.17. The molecule has 0 unspecified atom stereocenters. The van der Waals surface area contributed by atoms with Crippen molar-refractivity contribution in [1.82, 2.24) is 34.4 Å².